The number of hydrogen-bond acceptors (Lipinski definition) is 1. The predicted molar refractivity (Wildman–Crippen MR) is 51.2 cm³/mol. The molecular formula is C11H14FN. The Morgan fingerprint density at radius 3 is 2.54 bits per heavy atom. The third-order valence-electron chi connectivity index (χ3n) is 2.85. The van der Waals surface area contributed by atoms with E-state index in [1.54, 1.807) is 0 Å². The minimum absolute atomic E-state index is 0.398. The maximum absolute atomic E-state index is 12.8. The van der Waals surface area contributed by atoms with Crippen LogP contribution in [0, 0.1) is 6.92 Å². The normalized spacial score (nSPS) is 32.7. The molecule has 2 rings (SSSR count). The summed E-state index contributed by atoms with van der Waals surface area (Å²) in [7, 11) is 0. The average Bonchev–Trinajstić information content (AvgIpc) is 2.02. The monoisotopic (exact) mass is 179 g/mol. The van der Waals surface area contributed by atoms with Crippen LogP contribution in [-0.2, 0) is 5.54 Å². The molecule has 0 saturated heterocycles. The van der Waals surface area contributed by atoms with Crippen molar-refractivity contribution >= 4 is 0 Å². The van der Waals surface area contributed by atoms with Gasteiger partial charge in [0.1, 0.15) is 6.17 Å². The molecule has 0 bridgehead atoms. The Labute approximate surface area is 77.8 Å². The Morgan fingerprint density at radius 2 is 2.00 bits per heavy atom. The highest BCUT2D eigenvalue weighted by atomic mass is 19.1. The summed E-state index contributed by atoms with van der Waals surface area (Å²) in [5.41, 5.74) is 7.94. The molecule has 1 nitrogen and oxygen atoms in total. The number of nitrogens with two attached hydrogens (primary N) is 1. The van der Waals surface area contributed by atoms with Gasteiger partial charge in [0.05, 0.1) is 0 Å². The first-order valence-corrected chi connectivity index (χ1v) is 4.61. The summed E-state index contributed by atoms with van der Waals surface area (Å²) in [6, 6.07) is 7.97. The highest BCUT2D eigenvalue weighted by Crippen LogP contribution is 2.41. The molecule has 0 amide bonds. The van der Waals surface area contributed by atoms with Crippen LogP contribution in [0.3, 0.4) is 0 Å². The smallest absolute Gasteiger partial charge is 0.104 e. The highest BCUT2D eigenvalue weighted by Gasteiger charge is 2.43. The molecule has 1 aromatic carbocycles. The van der Waals surface area contributed by atoms with Gasteiger partial charge >= 0.3 is 0 Å². The number of benzene rings is 1. The van der Waals surface area contributed by atoms with E-state index in [9.17, 15) is 4.39 Å². The van der Waals surface area contributed by atoms with Gasteiger partial charge in [0, 0.05) is 18.4 Å². The van der Waals surface area contributed by atoms with Crippen molar-refractivity contribution in [2.45, 2.75) is 31.5 Å². The van der Waals surface area contributed by atoms with Gasteiger partial charge in [0.15, 0.2) is 0 Å². The van der Waals surface area contributed by atoms with Gasteiger partial charge in [-0.1, -0.05) is 24.3 Å². The largest absolute Gasteiger partial charge is 0.321 e. The van der Waals surface area contributed by atoms with E-state index in [0.717, 1.165) is 11.1 Å². The zero-order chi connectivity index (χ0) is 9.47. The van der Waals surface area contributed by atoms with E-state index in [0.29, 0.717) is 12.8 Å². The summed E-state index contributed by atoms with van der Waals surface area (Å²) in [6.07, 6.45) is 0.236. The number of aryl methyl sites for hydroxylation is 1. The van der Waals surface area contributed by atoms with Crippen LogP contribution in [0.4, 0.5) is 4.39 Å². The van der Waals surface area contributed by atoms with E-state index in [-0.39, 0.29) is 0 Å². The van der Waals surface area contributed by atoms with Gasteiger partial charge in [-0.15, -0.1) is 0 Å². The molecule has 0 heterocycles. The molecule has 0 unspecified atom stereocenters. The minimum Gasteiger partial charge on any atom is -0.321 e. The number of halogens is 1. The lowest BCUT2D eigenvalue weighted by Gasteiger charge is -2.42. The lowest BCUT2D eigenvalue weighted by Crippen LogP contribution is -2.50. The van der Waals surface area contributed by atoms with Gasteiger partial charge in [-0.3, -0.25) is 0 Å². The summed E-state index contributed by atoms with van der Waals surface area (Å²) in [6.45, 7) is 2.02. The van der Waals surface area contributed by atoms with Gasteiger partial charge in [-0.2, -0.15) is 0 Å². The van der Waals surface area contributed by atoms with Crippen LogP contribution in [-0.4, -0.2) is 6.17 Å². The van der Waals surface area contributed by atoms with E-state index in [1.807, 2.05) is 31.2 Å². The lowest BCUT2D eigenvalue weighted by atomic mass is 9.70. The Morgan fingerprint density at radius 1 is 1.38 bits per heavy atom. The van der Waals surface area contributed by atoms with Crippen molar-refractivity contribution in [3.05, 3.63) is 35.4 Å². The minimum atomic E-state index is -0.704. The van der Waals surface area contributed by atoms with Gasteiger partial charge in [0.25, 0.3) is 0 Å². The number of alkyl halides is 1. The first-order valence-electron chi connectivity index (χ1n) is 4.61. The fraction of sp³-hybridized carbons (Fsp3) is 0.455. The van der Waals surface area contributed by atoms with Crippen molar-refractivity contribution in [1.82, 2.24) is 0 Å². The second-order valence-electron chi connectivity index (χ2n) is 3.98. The van der Waals surface area contributed by atoms with Crippen molar-refractivity contribution in [3.63, 3.8) is 0 Å². The van der Waals surface area contributed by atoms with Crippen molar-refractivity contribution in [3.8, 4) is 0 Å². The third-order valence-corrected chi connectivity index (χ3v) is 2.85. The molecule has 13 heavy (non-hydrogen) atoms. The molecule has 0 radical (unpaired) electrons. The predicted octanol–water partition coefficient (Wildman–Crippen LogP) is 2.28. The molecule has 1 aromatic rings. The third kappa shape index (κ3) is 1.35. The van der Waals surface area contributed by atoms with E-state index < -0.39 is 11.7 Å². The van der Waals surface area contributed by atoms with Crippen molar-refractivity contribution in [2.24, 2.45) is 5.73 Å². The van der Waals surface area contributed by atoms with Gasteiger partial charge in [0.2, 0.25) is 0 Å². The maximum Gasteiger partial charge on any atom is 0.104 e. The van der Waals surface area contributed by atoms with Crippen LogP contribution in [0.5, 0.6) is 0 Å². The molecule has 2 N–H and O–H groups in total. The maximum atomic E-state index is 12.8. The molecule has 0 aromatic heterocycles. The fourth-order valence-corrected chi connectivity index (χ4v) is 2.08. The van der Waals surface area contributed by atoms with Crippen LogP contribution in [0.15, 0.2) is 24.3 Å². The van der Waals surface area contributed by atoms with Crippen LogP contribution < -0.4 is 5.73 Å². The standard InChI is InChI=1S/C11H14FN/c1-8-4-2-3-5-10(8)11(13)6-9(12)7-11/h2-5,9H,6-7,13H2,1H3. The Balaban J connectivity index is 2.31. The second kappa shape index (κ2) is 2.81. The summed E-state index contributed by atoms with van der Waals surface area (Å²) in [5.74, 6) is 0. The van der Waals surface area contributed by atoms with Crippen LogP contribution in [0.25, 0.3) is 0 Å². The van der Waals surface area contributed by atoms with Crippen LogP contribution in [0.1, 0.15) is 24.0 Å². The fourth-order valence-electron chi connectivity index (χ4n) is 2.08. The number of rotatable bonds is 1. The first kappa shape index (κ1) is 8.70. The van der Waals surface area contributed by atoms with Gasteiger partial charge in [-0.05, 0) is 18.1 Å². The van der Waals surface area contributed by atoms with E-state index in [4.69, 9.17) is 5.73 Å². The summed E-state index contributed by atoms with van der Waals surface area (Å²) >= 11 is 0. The topological polar surface area (TPSA) is 26.0 Å². The SMILES string of the molecule is Cc1ccccc1C1(N)CC(F)C1. The van der Waals surface area contributed by atoms with Crippen LogP contribution in [0.2, 0.25) is 0 Å². The Bertz CT molecular complexity index is 316. The number of hydrogen-bond donors (Lipinski definition) is 1. The van der Waals surface area contributed by atoms with Crippen molar-refractivity contribution < 1.29 is 4.39 Å². The summed E-state index contributed by atoms with van der Waals surface area (Å²) < 4.78 is 12.8. The Kier molecular flexibility index (Phi) is 1.88. The molecule has 1 fully saturated rings. The molecular weight excluding hydrogens is 165 g/mol. The zero-order valence-corrected chi connectivity index (χ0v) is 7.76. The van der Waals surface area contributed by atoms with Gasteiger partial charge < -0.3 is 5.73 Å². The highest BCUT2D eigenvalue weighted by molar-refractivity contribution is 5.34. The molecule has 0 atom stereocenters. The quantitative estimate of drug-likeness (QED) is 0.703. The van der Waals surface area contributed by atoms with Crippen molar-refractivity contribution in [2.75, 3.05) is 0 Å². The molecule has 70 valence electrons. The van der Waals surface area contributed by atoms with E-state index >= 15 is 0 Å². The van der Waals surface area contributed by atoms with Crippen molar-refractivity contribution in [1.29, 1.82) is 0 Å². The molecule has 0 spiro atoms. The zero-order valence-electron chi connectivity index (χ0n) is 7.76. The molecule has 2 heteroatoms. The lowest BCUT2D eigenvalue weighted by molar-refractivity contribution is 0.0981. The Hall–Kier alpha value is -0.890. The molecule has 1 aliphatic rings. The van der Waals surface area contributed by atoms with Crippen LogP contribution >= 0.6 is 0 Å². The average molecular weight is 179 g/mol. The molecule has 1 saturated carbocycles. The first-order chi connectivity index (χ1) is 6.12. The summed E-state index contributed by atoms with van der Waals surface area (Å²) in [5, 5.41) is 0. The van der Waals surface area contributed by atoms with Gasteiger partial charge in [-0.25, -0.2) is 4.39 Å². The van der Waals surface area contributed by atoms with E-state index in [2.05, 4.69) is 0 Å². The second-order valence-corrected chi connectivity index (χ2v) is 3.98. The molecule has 1 aliphatic carbocycles. The summed E-state index contributed by atoms with van der Waals surface area (Å²) in [4.78, 5) is 0. The van der Waals surface area contributed by atoms with E-state index in [1.165, 1.54) is 0 Å². The molecule has 0 aliphatic heterocycles.